The van der Waals surface area contributed by atoms with E-state index < -0.39 is 29.1 Å². The molecular formula is C12H23NO4. The zero-order valence-corrected chi connectivity index (χ0v) is 11.5. The van der Waals surface area contributed by atoms with Crippen molar-refractivity contribution in [1.82, 2.24) is 5.32 Å². The Morgan fingerprint density at radius 1 is 1.24 bits per heavy atom. The lowest BCUT2D eigenvalue weighted by Gasteiger charge is -2.29. The number of aliphatic carboxylic acids is 1. The van der Waals surface area contributed by atoms with Crippen LogP contribution < -0.4 is 5.32 Å². The second kappa shape index (κ2) is 5.38. The highest BCUT2D eigenvalue weighted by Crippen LogP contribution is 2.17. The first-order valence-corrected chi connectivity index (χ1v) is 5.67. The molecule has 0 saturated heterocycles. The number of ether oxygens (including phenoxy) is 1. The topological polar surface area (TPSA) is 75.6 Å². The lowest BCUT2D eigenvalue weighted by molar-refractivity contribution is -0.141. The quantitative estimate of drug-likeness (QED) is 0.797. The number of carbonyl (C=O) groups excluding carboxylic acids is 1. The minimum atomic E-state index is -0.871. The molecule has 0 aromatic heterocycles. The maximum absolute atomic E-state index is 11.5. The largest absolute Gasteiger partial charge is 0.481 e. The molecule has 0 aliphatic carbocycles. The van der Waals surface area contributed by atoms with Crippen molar-refractivity contribution < 1.29 is 19.4 Å². The predicted molar refractivity (Wildman–Crippen MR) is 64.9 cm³/mol. The SMILES string of the molecule is C[C@@H](CC(C)(C)NC(=O)OC(C)(C)C)C(=O)O. The number of nitrogens with one attached hydrogen (secondary N) is 1. The standard InChI is InChI=1S/C12H23NO4/c1-8(9(14)15)7-12(5,6)13-10(16)17-11(2,3)4/h8H,7H2,1-6H3,(H,13,16)(H,14,15)/t8-/m0/s1. The molecule has 0 spiro atoms. The van der Waals surface area contributed by atoms with E-state index >= 15 is 0 Å². The van der Waals surface area contributed by atoms with Gasteiger partial charge in [0.2, 0.25) is 0 Å². The molecule has 0 rings (SSSR count). The van der Waals surface area contributed by atoms with Crippen LogP contribution in [0.4, 0.5) is 4.79 Å². The molecule has 0 saturated carbocycles. The van der Waals surface area contributed by atoms with Crippen molar-refractivity contribution in [1.29, 1.82) is 0 Å². The molecule has 5 heteroatoms. The van der Waals surface area contributed by atoms with Crippen molar-refractivity contribution >= 4 is 12.1 Å². The third-order valence-electron chi connectivity index (χ3n) is 2.08. The van der Waals surface area contributed by atoms with Crippen molar-refractivity contribution in [3.63, 3.8) is 0 Å². The van der Waals surface area contributed by atoms with Gasteiger partial charge in [-0.1, -0.05) is 6.92 Å². The van der Waals surface area contributed by atoms with Crippen LogP contribution in [-0.2, 0) is 9.53 Å². The molecule has 0 aromatic rings. The number of carbonyl (C=O) groups is 2. The molecule has 5 nitrogen and oxygen atoms in total. The second-order valence-electron chi connectivity index (χ2n) is 5.95. The smallest absolute Gasteiger partial charge is 0.408 e. The molecule has 0 bridgehead atoms. The van der Waals surface area contributed by atoms with Crippen molar-refractivity contribution in [3.05, 3.63) is 0 Å². The molecule has 0 radical (unpaired) electrons. The Labute approximate surface area is 103 Å². The number of hydrogen-bond acceptors (Lipinski definition) is 3. The maximum atomic E-state index is 11.5. The Morgan fingerprint density at radius 2 is 1.71 bits per heavy atom. The van der Waals surface area contributed by atoms with E-state index in [9.17, 15) is 9.59 Å². The molecule has 0 unspecified atom stereocenters. The van der Waals surface area contributed by atoms with Crippen LogP contribution in [0.1, 0.15) is 48.0 Å². The lowest BCUT2D eigenvalue weighted by Crippen LogP contribution is -2.47. The van der Waals surface area contributed by atoms with Gasteiger partial charge in [-0.05, 0) is 41.0 Å². The van der Waals surface area contributed by atoms with Gasteiger partial charge in [0, 0.05) is 5.54 Å². The molecule has 1 amide bonds. The van der Waals surface area contributed by atoms with E-state index in [0.717, 1.165) is 0 Å². The molecule has 0 heterocycles. The predicted octanol–water partition coefficient (Wildman–Crippen LogP) is 2.40. The molecule has 1 atom stereocenters. The summed E-state index contributed by atoms with van der Waals surface area (Å²) in [5.74, 6) is -1.39. The van der Waals surface area contributed by atoms with Crippen LogP contribution in [0.3, 0.4) is 0 Å². The summed E-state index contributed by atoms with van der Waals surface area (Å²) >= 11 is 0. The summed E-state index contributed by atoms with van der Waals surface area (Å²) in [4.78, 5) is 22.3. The molecule has 2 N–H and O–H groups in total. The van der Waals surface area contributed by atoms with E-state index in [1.165, 1.54) is 0 Å². The highest BCUT2D eigenvalue weighted by atomic mass is 16.6. The van der Waals surface area contributed by atoms with Gasteiger partial charge in [0.25, 0.3) is 0 Å². The summed E-state index contributed by atoms with van der Waals surface area (Å²) in [5.41, 5.74) is -1.17. The summed E-state index contributed by atoms with van der Waals surface area (Å²) in [7, 11) is 0. The summed E-state index contributed by atoms with van der Waals surface area (Å²) in [6.07, 6.45) is -0.179. The van der Waals surface area contributed by atoms with Crippen LogP contribution in [0.25, 0.3) is 0 Å². The lowest BCUT2D eigenvalue weighted by atomic mass is 9.92. The van der Waals surface area contributed by atoms with Gasteiger partial charge in [0.1, 0.15) is 5.60 Å². The molecule has 0 aromatic carbocycles. The van der Waals surface area contributed by atoms with Gasteiger partial charge in [0.05, 0.1) is 5.92 Å². The molecule has 100 valence electrons. The number of amides is 1. The highest BCUT2D eigenvalue weighted by Gasteiger charge is 2.28. The summed E-state index contributed by atoms with van der Waals surface area (Å²) in [5, 5.41) is 11.5. The zero-order valence-electron chi connectivity index (χ0n) is 11.5. The number of hydrogen-bond donors (Lipinski definition) is 2. The molecule has 17 heavy (non-hydrogen) atoms. The van der Waals surface area contributed by atoms with Gasteiger partial charge < -0.3 is 15.2 Å². The Bertz CT molecular complexity index is 291. The van der Waals surface area contributed by atoms with Gasteiger partial charge in [0.15, 0.2) is 0 Å². The third kappa shape index (κ3) is 7.60. The minimum absolute atomic E-state index is 0.349. The van der Waals surface area contributed by atoms with Crippen molar-refractivity contribution in [2.75, 3.05) is 0 Å². The van der Waals surface area contributed by atoms with Crippen LogP contribution in [0.15, 0.2) is 0 Å². The van der Waals surface area contributed by atoms with Gasteiger partial charge in [-0.15, -0.1) is 0 Å². The Morgan fingerprint density at radius 3 is 2.06 bits per heavy atom. The normalized spacial score (nSPS) is 14.0. The number of alkyl carbamates (subject to hydrolysis) is 1. The minimum Gasteiger partial charge on any atom is -0.481 e. The monoisotopic (exact) mass is 245 g/mol. The molecule has 0 fully saturated rings. The Hall–Kier alpha value is -1.26. The number of carboxylic acid groups (broad SMARTS) is 1. The fourth-order valence-electron chi connectivity index (χ4n) is 1.48. The maximum Gasteiger partial charge on any atom is 0.408 e. The van der Waals surface area contributed by atoms with E-state index in [1.807, 2.05) is 0 Å². The Balaban J connectivity index is 4.35. The van der Waals surface area contributed by atoms with Crippen LogP contribution in [-0.4, -0.2) is 28.3 Å². The Kier molecular flexibility index (Phi) is 4.98. The van der Waals surface area contributed by atoms with Gasteiger partial charge >= 0.3 is 12.1 Å². The average Bonchev–Trinajstić information content (AvgIpc) is 1.96. The van der Waals surface area contributed by atoms with Crippen LogP contribution in [0, 0.1) is 5.92 Å². The first-order valence-electron chi connectivity index (χ1n) is 5.67. The van der Waals surface area contributed by atoms with E-state index in [0.29, 0.717) is 6.42 Å². The summed E-state index contributed by atoms with van der Waals surface area (Å²) < 4.78 is 5.12. The number of rotatable bonds is 4. The van der Waals surface area contributed by atoms with Gasteiger partial charge in [-0.25, -0.2) is 4.79 Å². The van der Waals surface area contributed by atoms with E-state index in [1.54, 1.807) is 41.5 Å². The van der Waals surface area contributed by atoms with Crippen LogP contribution in [0.2, 0.25) is 0 Å². The van der Waals surface area contributed by atoms with E-state index in [4.69, 9.17) is 9.84 Å². The van der Waals surface area contributed by atoms with Crippen molar-refractivity contribution in [3.8, 4) is 0 Å². The summed E-state index contributed by atoms with van der Waals surface area (Å²) in [6.45, 7) is 10.5. The third-order valence-corrected chi connectivity index (χ3v) is 2.08. The summed E-state index contributed by atoms with van der Waals surface area (Å²) in [6, 6.07) is 0. The highest BCUT2D eigenvalue weighted by molar-refractivity contribution is 5.71. The van der Waals surface area contributed by atoms with Crippen molar-refractivity contribution in [2.45, 2.75) is 59.1 Å². The fourth-order valence-corrected chi connectivity index (χ4v) is 1.48. The average molecular weight is 245 g/mol. The van der Waals surface area contributed by atoms with Gasteiger partial charge in [-0.2, -0.15) is 0 Å². The molecule has 0 aliphatic rings. The second-order valence-corrected chi connectivity index (χ2v) is 5.95. The molecular weight excluding hydrogens is 222 g/mol. The fraction of sp³-hybridized carbons (Fsp3) is 0.833. The molecule has 0 aliphatic heterocycles. The van der Waals surface area contributed by atoms with Gasteiger partial charge in [-0.3, -0.25) is 4.79 Å². The first-order chi connectivity index (χ1) is 7.43. The number of carboxylic acids is 1. The van der Waals surface area contributed by atoms with Crippen LogP contribution >= 0.6 is 0 Å². The van der Waals surface area contributed by atoms with Crippen LogP contribution in [0.5, 0.6) is 0 Å². The van der Waals surface area contributed by atoms with Crippen molar-refractivity contribution in [2.24, 2.45) is 5.92 Å². The zero-order chi connectivity index (χ0) is 13.9. The first kappa shape index (κ1) is 15.7. The van der Waals surface area contributed by atoms with E-state index in [-0.39, 0.29) is 0 Å². The van der Waals surface area contributed by atoms with E-state index in [2.05, 4.69) is 5.32 Å².